The van der Waals surface area contributed by atoms with Crippen molar-refractivity contribution in [3.8, 4) is 11.5 Å². The predicted octanol–water partition coefficient (Wildman–Crippen LogP) is 2.01. The van der Waals surface area contributed by atoms with Crippen LogP contribution in [-0.2, 0) is 0 Å². The van der Waals surface area contributed by atoms with Crippen LogP contribution in [-0.4, -0.2) is 54.8 Å². The number of fused-ring (bicyclic) bond motifs is 1. The average Bonchev–Trinajstić information content (AvgIpc) is 3.16. The fourth-order valence-corrected chi connectivity index (χ4v) is 2.58. The van der Waals surface area contributed by atoms with E-state index in [4.69, 9.17) is 9.47 Å². The molecule has 0 saturated carbocycles. The van der Waals surface area contributed by atoms with Crippen molar-refractivity contribution in [1.82, 2.24) is 15.5 Å². The van der Waals surface area contributed by atoms with Gasteiger partial charge in [0.25, 0.3) is 0 Å². The zero-order valence-corrected chi connectivity index (χ0v) is 14.7. The highest BCUT2D eigenvalue weighted by molar-refractivity contribution is 5.84. The van der Waals surface area contributed by atoms with Crippen LogP contribution >= 0.6 is 0 Å². The van der Waals surface area contributed by atoms with Gasteiger partial charge in [-0.25, -0.2) is 0 Å². The predicted molar refractivity (Wildman–Crippen MR) is 102 cm³/mol. The van der Waals surface area contributed by atoms with Crippen molar-refractivity contribution in [2.45, 2.75) is 6.10 Å². The van der Waals surface area contributed by atoms with Crippen molar-refractivity contribution in [1.29, 1.82) is 0 Å². The minimum Gasteiger partial charge on any atom is -0.497 e. The van der Waals surface area contributed by atoms with E-state index in [1.54, 1.807) is 13.3 Å². The number of hydrogen-bond acceptors (Lipinski definition) is 6. The summed E-state index contributed by atoms with van der Waals surface area (Å²) in [5.74, 6) is 1.55. The Morgan fingerprint density at radius 1 is 1.15 bits per heavy atom. The molecule has 0 aliphatic rings. The van der Waals surface area contributed by atoms with E-state index in [9.17, 15) is 5.11 Å². The van der Waals surface area contributed by atoms with Gasteiger partial charge in [0.1, 0.15) is 24.2 Å². The molecule has 1 unspecified atom stereocenters. The first kappa shape index (κ1) is 18.0. The fraction of sp³-hybridized carbons (Fsp3) is 0.316. The van der Waals surface area contributed by atoms with E-state index in [2.05, 4.69) is 20.8 Å². The average molecular weight is 356 g/mol. The van der Waals surface area contributed by atoms with Crippen molar-refractivity contribution >= 4 is 16.6 Å². The number of H-pyrrole nitrogens is 1. The summed E-state index contributed by atoms with van der Waals surface area (Å²) in [7, 11) is 1.65. The summed E-state index contributed by atoms with van der Waals surface area (Å²) in [6.45, 7) is 2.18. The van der Waals surface area contributed by atoms with Crippen LogP contribution in [0.3, 0.4) is 0 Å². The quantitative estimate of drug-likeness (QED) is 0.416. The van der Waals surface area contributed by atoms with Gasteiger partial charge in [-0.15, -0.1) is 0 Å². The maximum Gasteiger partial charge on any atom is 0.130 e. The molecule has 1 atom stereocenters. The minimum atomic E-state index is -0.585. The van der Waals surface area contributed by atoms with Crippen molar-refractivity contribution < 1.29 is 14.6 Å². The third-order valence-corrected chi connectivity index (χ3v) is 3.98. The molecule has 0 radical (unpaired) electrons. The smallest absolute Gasteiger partial charge is 0.130 e. The fourth-order valence-electron chi connectivity index (χ4n) is 2.58. The molecule has 0 aliphatic carbocycles. The molecule has 0 bridgehead atoms. The Morgan fingerprint density at radius 2 is 2.00 bits per heavy atom. The Kier molecular flexibility index (Phi) is 6.29. The summed E-state index contributed by atoms with van der Waals surface area (Å²) in [6, 6.07) is 13.5. The molecule has 3 rings (SSSR count). The number of aromatic nitrogens is 2. The molecule has 0 fully saturated rings. The van der Waals surface area contributed by atoms with Crippen LogP contribution < -0.4 is 20.1 Å². The van der Waals surface area contributed by atoms with E-state index in [0.29, 0.717) is 6.54 Å². The van der Waals surface area contributed by atoms with Gasteiger partial charge in [0, 0.05) is 25.3 Å². The molecule has 7 heteroatoms. The lowest BCUT2D eigenvalue weighted by atomic mass is 10.2. The number of aromatic amines is 1. The van der Waals surface area contributed by atoms with Crippen LogP contribution in [0.15, 0.2) is 48.7 Å². The number of rotatable bonds is 10. The molecule has 0 spiro atoms. The first-order chi connectivity index (χ1) is 12.8. The maximum atomic E-state index is 10.1. The molecular weight excluding hydrogens is 332 g/mol. The van der Waals surface area contributed by atoms with E-state index in [-0.39, 0.29) is 6.61 Å². The second-order valence-corrected chi connectivity index (χ2v) is 5.91. The van der Waals surface area contributed by atoms with E-state index in [1.807, 2.05) is 42.5 Å². The van der Waals surface area contributed by atoms with Gasteiger partial charge in [-0.1, -0.05) is 6.07 Å². The van der Waals surface area contributed by atoms with Gasteiger partial charge in [-0.2, -0.15) is 5.10 Å². The van der Waals surface area contributed by atoms with Gasteiger partial charge in [-0.3, -0.25) is 5.10 Å². The second kappa shape index (κ2) is 9.07. The number of anilines is 1. The summed E-state index contributed by atoms with van der Waals surface area (Å²) in [6.07, 6.45) is 1.14. The molecule has 7 nitrogen and oxygen atoms in total. The summed E-state index contributed by atoms with van der Waals surface area (Å²) in [4.78, 5) is 0. The number of nitrogens with one attached hydrogen (secondary N) is 3. The highest BCUT2D eigenvalue weighted by Gasteiger charge is 2.08. The van der Waals surface area contributed by atoms with Crippen molar-refractivity contribution in [2.75, 3.05) is 38.7 Å². The van der Waals surface area contributed by atoms with Gasteiger partial charge in [0.2, 0.25) is 0 Å². The Labute approximate surface area is 152 Å². The van der Waals surface area contributed by atoms with Gasteiger partial charge >= 0.3 is 0 Å². The number of hydrogen-bond donors (Lipinski definition) is 4. The second-order valence-electron chi connectivity index (χ2n) is 5.91. The van der Waals surface area contributed by atoms with Crippen LogP contribution in [0.4, 0.5) is 5.69 Å². The minimum absolute atomic E-state index is 0.225. The van der Waals surface area contributed by atoms with Gasteiger partial charge in [0.05, 0.1) is 24.2 Å². The number of methoxy groups -OCH3 is 1. The third-order valence-electron chi connectivity index (χ3n) is 3.98. The Bertz CT molecular complexity index is 804. The largest absolute Gasteiger partial charge is 0.497 e. The van der Waals surface area contributed by atoms with E-state index >= 15 is 0 Å². The van der Waals surface area contributed by atoms with Crippen LogP contribution in [0.5, 0.6) is 11.5 Å². The molecule has 3 aromatic rings. The van der Waals surface area contributed by atoms with Crippen LogP contribution in [0, 0.1) is 0 Å². The van der Waals surface area contributed by atoms with Gasteiger partial charge in [0.15, 0.2) is 0 Å². The topological polar surface area (TPSA) is 91.4 Å². The lowest BCUT2D eigenvalue weighted by molar-refractivity contribution is 0.107. The number of nitrogens with zero attached hydrogens (tertiary/aromatic N) is 1. The molecule has 26 heavy (non-hydrogen) atoms. The van der Waals surface area contributed by atoms with Crippen LogP contribution in [0.2, 0.25) is 0 Å². The van der Waals surface area contributed by atoms with E-state index in [1.165, 1.54) is 0 Å². The highest BCUT2D eigenvalue weighted by Crippen LogP contribution is 2.23. The van der Waals surface area contributed by atoms with Gasteiger partial charge in [-0.05, 0) is 36.4 Å². The van der Waals surface area contributed by atoms with E-state index < -0.39 is 6.10 Å². The SMILES string of the molecule is COc1ccc(NCCNCC(O)COc2cccc3[nH]ncc23)cc1. The zero-order valence-electron chi connectivity index (χ0n) is 14.7. The number of benzene rings is 2. The lowest BCUT2D eigenvalue weighted by Crippen LogP contribution is -2.34. The molecule has 1 aromatic heterocycles. The van der Waals surface area contributed by atoms with Crippen LogP contribution in [0.1, 0.15) is 0 Å². The number of aliphatic hydroxyl groups excluding tert-OH is 1. The summed E-state index contributed by atoms with van der Waals surface area (Å²) in [5, 5.41) is 24.4. The molecular formula is C19H24N4O3. The lowest BCUT2D eigenvalue weighted by Gasteiger charge is -2.14. The standard InChI is InChI=1S/C19H24N4O3/c1-25-16-7-5-14(6-8-16)21-10-9-20-11-15(24)13-26-19-4-2-3-18-17(19)12-22-23-18/h2-8,12,15,20-21,24H,9-11,13H2,1H3,(H,22,23). The normalized spacial score (nSPS) is 12.1. The summed E-state index contributed by atoms with van der Waals surface area (Å²) < 4.78 is 10.8. The van der Waals surface area contributed by atoms with Crippen molar-refractivity contribution in [3.05, 3.63) is 48.7 Å². The zero-order chi connectivity index (χ0) is 18.2. The maximum absolute atomic E-state index is 10.1. The molecule has 4 N–H and O–H groups in total. The first-order valence-electron chi connectivity index (χ1n) is 8.58. The summed E-state index contributed by atoms with van der Waals surface area (Å²) in [5.41, 5.74) is 1.95. The molecule has 2 aromatic carbocycles. The Hall–Kier alpha value is -2.77. The molecule has 0 aliphatic heterocycles. The third kappa shape index (κ3) is 4.87. The van der Waals surface area contributed by atoms with Gasteiger partial charge < -0.3 is 25.2 Å². The van der Waals surface area contributed by atoms with E-state index in [0.717, 1.165) is 41.2 Å². The summed E-state index contributed by atoms with van der Waals surface area (Å²) >= 11 is 0. The molecule has 1 heterocycles. The Balaban J connectivity index is 1.32. The first-order valence-corrected chi connectivity index (χ1v) is 8.58. The van der Waals surface area contributed by atoms with Crippen molar-refractivity contribution in [2.24, 2.45) is 0 Å². The molecule has 0 saturated heterocycles. The molecule has 0 amide bonds. The number of ether oxygens (including phenoxy) is 2. The monoisotopic (exact) mass is 356 g/mol. The molecule has 138 valence electrons. The Morgan fingerprint density at radius 3 is 2.81 bits per heavy atom. The highest BCUT2D eigenvalue weighted by atomic mass is 16.5. The van der Waals surface area contributed by atoms with Crippen LogP contribution in [0.25, 0.3) is 10.9 Å². The van der Waals surface area contributed by atoms with Crippen molar-refractivity contribution in [3.63, 3.8) is 0 Å². The number of aliphatic hydroxyl groups is 1.